The molecule has 0 aliphatic heterocycles. The molecule has 6 heteroatoms. The minimum absolute atomic E-state index is 0.220. The molecule has 0 amide bonds. The summed E-state index contributed by atoms with van der Waals surface area (Å²) >= 11 is 0. The summed E-state index contributed by atoms with van der Waals surface area (Å²) in [6.07, 6.45) is 1.65. The molecule has 0 aliphatic rings. The third-order valence-corrected chi connectivity index (χ3v) is 2.98. The monoisotopic (exact) mass is 255 g/mol. The fraction of sp³-hybridized carbons (Fsp3) is 0.0769. The van der Waals surface area contributed by atoms with Crippen LogP contribution >= 0.6 is 0 Å². The Labute approximate surface area is 108 Å². The van der Waals surface area contributed by atoms with Crippen LogP contribution in [0.1, 0.15) is 0 Å². The third-order valence-electron chi connectivity index (χ3n) is 2.98. The SMILES string of the molecule is Cn1nc(-c2cccc(-c3c[nH]c(=O)[nH]3)c2)cc1N. The maximum Gasteiger partial charge on any atom is 0.323 e. The number of aryl methyl sites for hydroxylation is 1. The lowest BCUT2D eigenvalue weighted by Crippen LogP contribution is -1.99. The van der Waals surface area contributed by atoms with E-state index < -0.39 is 0 Å². The van der Waals surface area contributed by atoms with E-state index in [2.05, 4.69) is 15.1 Å². The first-order valence-electron chi connectivity index (χ1n) is 5.81. The van der Waals surface area contributed by atoms with Gasteiger partial charge in [0, 0.05) is 30.4 Å². The van der Waals surface area contributed by atoms with Gasteiger partial charge in [0.2, 0.25) is 0 Å². The summed E-state index contributed by atoms with van der Waals surface area (Å²) in [5, 5.41) is 4.33. The number of anilines is 1. The van der Waals surface area contributed by atoms with E-state index >= 15 is 0 Å². The zero-order chi connectivity index (χ0) is 13.4. The van der Waals surface area contributed by atoms with Gasteiger partial charge in [0.05, 0.1) is 11.4 Å². The fourth-order valence-corrected chi connectivity index (χ4v) is 1.96. The molecule has 0 saturated heterocycles. The molecule has 19 heavy (non-hydrogen) atoms. The van der Waals surface area contributed by atoms with Crippen LogP contribution < -0.4 is 11.4 Å². The lowest BCUT2D eigenvalue weighted by molar-refractivity contribution is 0.782. The van der Waals surface area contributed by atoms with Crippen LogP contribution in [0.25, 0.3) is 22.5 Å². The molecule has 1 aromatic carbocycles. The van der Waals surface area contributed by atoms with Gasteiger partial charge in [0.25, 0.3) is 0 Å². The van der Waals surface area contributed by atoms with Crippen LogP contribution in [0.4, 0.5) is 5.82 Å². The van der Waals surface area contributed by atoms with Crippen LogP contribution in [0, 0.1) is 0 Å². The predicted molar refractivity (Wildman–Crippen MR) is 73.5 cm³/mol. The molecule has 0 unspecified atom stereocenters. The zero-order valence-corrected chi connectivity index (χ0v) is 10.3. The number of nitrogens with zero attached hydrogens (tertiary/aromatic N) is 2. The quantitative estimate of drug-likeness (QED) is 0.645. The highest BCUT2D eigenvalue weighted by Gasteiger charge is 2.07. The van der Waals surface area contributed by atoms with Crippen LogP contribution in [0.5, 0.6) is 0 Å². The van der Waals surface area contributed by atoms with Gasteiger partial charge in [-0.3, -0.25) is 4.68 Å². The topological polar surface area (TPSA) is 92.5 Å². The Morgan fingerprint density at radius 3 is 2.68 bits per heavy atom. The zero-order valence-electron chi connectivity index (χ0n) is 10.3. The number of hydrogen-bond donors (Lipinski definition) is 3. The Bertz CT molecular complexity index is 761. The maximum atomic E-state index is 11.1. The number of aromatic amines is 2. The van der Waals surface area contributed by atoms with Gasteiger partial charge < -0.3 is 15.7 Å². The van der Waals surface area contributed by atoms with Crippen LogP contribution in [-0.4, -0.2) is 19.7 Å². The Hall–Kier alpha value is -2.76. The summed E-state index contributed by atoms with van der Waals surface area (Å²) < 4.78 is 1.63. The Morgan fingerprint density at radius 1 is 1.26 bits per heavy atom. The molecule has 6 nitrogen and oxygen atoms in total. The standard InChI is InChI=1S/C13H13N5O/c1-18-12(14)6-10(17-18)8-3-2-4-9(5-8)11-7-15-13(19)16-11/h2-7H,14H2,1H3,(H2,15,16,19). The maximum absolute atomic E-state index is 11.1. The predicted octanol–water partition coefficient (Wildman–Crippen LogP) is 1.35. The molecule has 4 N–H and O–H groups in total. The highest BCUT2D eigenvalue weighted by Crippen LogP contribution is 2.24. The van der Waals surface area contributed by atoms with Crippen molar-refractivity contribution in [1.82, 2.24) is 19.7 Å². The van der Waals surface area contributed by atoms with E-state index in [9.17, 15) is 4.79 Å². The van der Waals surface area contributed by atoms with Gasteiger partial charge >= 0.3 is 5.69 Å². The van der Waals surface area contributed by atoms with Crippen LogP contribution in [0.2, 0.25) is 0 Å². The van der Waals surface area contributed by atoms with Crippen molar-refractivity contribution in [2.45, 2.75) is 0 Å². The Balaban J connectivity index is 2.07. The summed E-state index contributed by atoms with van der Waals surface area (Å²) in [7, 11) is 1.80. The van der Waals surface area contributed by atoms with E-state index in [-0.39, 0.29) is 5.69 Å². The van der Waals surface area contributed by atoms with Crippen LogP contribution in [0.15, 0.2) is 41.3 Å². The molecular weight excluding hydrogens is 242 g/mol. The van der Waals surface area contributed by atoms with Gasteiger partial charge in [-0.15, -0.1) is 0 Å². The van der Waals surface area contributed by atoms with Crippen molar-refractivity contribution in [2.75, 3.05) is 5.73 Å². The minimum atomic E-state index is -0.220. The molecule has 0 aliphatic carbocycles. The van der Waals surface area contributed by atoms with Crippen molar-refractivity contribution < 1.29 is 0 Å². The summed E-state index contributed by atoms with van der Waals surface area (Å²) in [5.74, 6) is 0.607. The second kappa shape index (κ2) is 4.16. The number of nitrogens with one attached hydrogen (secondary N) is 2. The molecule has 3 aromatic rings. The molecule has 0 spiro atoms. The smallest absolute Gasteiger partial charge is 0.323 e. The Morgan fingerprint density at radius 2 is 2.05 bits per heavy atom. The number of hydrogen-bond acceptors (Lipinski definition) is 3. The average molecular weight is 255 g/mol. The molecule has 0 atom stereocenters. The number of H-pyrrole nitrogens is 2. The van der Waals surface area contributed by atoms with Crippen molar-refractivity contribution >= 4 is 5.82 Å². The Kier molecular flexibility index (Phi) is 2.49. The van der Waals surface area contributed by atoms with Gasteiger partial charge in [-0.05, 0) is 6.07 Å². The van der Waals surface area contributed by atoms with E-state index in [1.807, 2.05) is 30.3 Å². The van der Waals surface area contributed by atoms with Crippen LogP contribution in [0.3, 0.4) is 0 Å². The summed E-state index contributed by atoms with van der Waals surface area (Å²) in [4.78, 5) is 16.4. The van der Waals surface area contributed by atoms with Crippen molar-refractivity contribution in [2.24, 2.45) is 7.05 Å². The van der Waals surface area contributed by atoms with E-state index in [1.165, 1.54) is 0 Å². The highest BCUT2D eigenvalue weighted by atomic mass is 16.1. The average Bonchev–Trinajstić information content (AvgIpc) is 2.97. The lowest BCUT2D eigenvalue weighted by atomic mass is 10.1. The molecule has 0 saturated carbocycles. The normalized spacial score (nSPS) is 10.8. The van der Waals surface area contributed by atoms with Crippen molar-refractivity contribution in [1.29, 1.82) is 0 Å². The molecular formula is C13H13N5O. The highest BCUT2D eigenvalue weighted by molar-refractivity contribution is 5.70. The van der Waals surface area contributed by atoms with E-state index in [0.717, 1.165) is 22.5 Å². The minimum Gasteiger partial charge on any atom is -0.384 e. The lowest BCUT2D eigenvalue weighted by Gasteiger charge is -2.00. The third kappa shape index (κ3) is 2.03. The van der Waals surface area contributed by atoms with Gasteiger partial charge in [-0.1, -0.05) is 18.2 Å². The van der Waals surface area contributed by atoms with Crippen LogP contribution in [-0.2, 0) is 7.05 Å². The first-order chi connectivity index (χ1) is 9.13. The molecule has 0 fully saturated rings. The number of nitrogens with two attached hydrogens (primary N) is 1. The van der Waals surface area contributed by atoms with Crippen molar-refractivity contribution in [3.63, 3.8) is 0 Å². The van der Waals surface area contributed by atoms with E-state index in [1.54, 1.807) is 17.9 Å². The van der Waals surface area contributed by atoms with Gasteiger partial charge in [-0.2, -0.15) is 5.10 Å². The molecule has 2 heterocycles. The molecule has 0 bridgehead atoms. The van der Waals surface area contributed by atoms with Crippen molar-refractivity contribution in [3.8, 4) is 22.5 Å². The van der Waals surface area contributed by atoms with E-state index in [0.29, 0.717) is 5.82 Å². The second-order valence-corrected chi connectivity index (χ2v) is 4.32. The summed E-state index contributed by atoms with van der Waals surface area (Å²) in [6, 6.07) is 9.58. The largest absolute Gasteiger partial charge is 0.384 e. The first-order valence-corrected chi connectivity index (χ1v) is 5.81. The number of rotatable bonds is 2. The van der Waals surface area contributed by atoms with Gasteiger partial charge in [0.1, 0.15) is 5.82 Å². The first kappa shape index (κ1) is 11.3. The molecule has 3 rings (SSSR count). The second-order valence-electron chi connectivity index (χ2n) is 4.32. The van der Waals surface area contributed by atoms with Crippen molar-refractivity contribution in [3.05, 3.63) is 47.0 Å². The number of benzene rings is 1. The number of imidazole rings is 1. The number of nitrogen functional groups attached to an aromatic ring is 1. The molecule has 0 radical (unpaired) electrons. The molecule has 2 aromatic heterocycles. The summed E-state index contributed by atoms with van der Waals surface area (Å²) in [6.45, 7) is 0. The fourth-order valence-electron chi connectivity index (χ4n) is 1.96. The van der Waals surface area contributed by atoms with E-state index in [4.69, 9.17) is 5.73 Å². The number of aromatic nitrogens is 4. The summed E-state index contributed by atoms with van der Waals surface area (Å²) in [5.41, 5.74) is 8.98. The van der Waals surface area contributed by atoms with Gasteiger partial charge in [0.15, 0.2) is 0 Å². The van der Waals surface area contributed by atoms with Gasteiger partial charge in [-0.25, -0.2) is 4.79 Å². The molecule has 96 valence electrons.